The third-order valence-corrected chi connectivity index (χ3v) is 3.67. The molecular weight excluding hydrogens is 297 g/mol. The summed E-state index contributed by atoms with van der Waals surface area (Å²) in [5.41, 5.74) is 7.12. The van der Waals surface area contributed by atoms with Crippen LogP contribution < -0.4 is 11.1 Å². The molecule has 0 aliphatic rings. The summed E-state index contributed by atoms with van der Waals surface area (Å²) >= 11 is 0. The van der Waals surface area contributed by atoms with Crippen LogP contribution in [0, 0.1) is 5.82 Å². The molecule has 0 saturated carbocycles. The van der Waals surface area contributed by atoms with E-state index in [0.717, 1.165) is 5.39 Å². The van der Waals surface area contributed by atoms with Gasteiger partial charge in [-0.1, -0.05) is 0 Å². The van der Waals surface area contributed by atoms with Gasteiger partial charge in [0.15, 0.2) is 0 Å². The molecule has 2 amide bonds. The molecule has 0 spiro atoms. The number of hydrogen-bond donors (Lipinski definition) is 2. The summed E-state index contributed by atoms with van der Waals surface area (Å²) in [5.74, 6) is -1.21. The molecule has 0 aliphatic carbocycles. The van der Waals surface area contributed by atoms with Crippen LogP contribution in [0.2, 0.25) is 0 Å². The average molecular weight is 311 g/mol. The predicted octanol–water partition coefficient (Wildman–Crippen LogP) is 2.67. The van der Waals surface area contributed by atoms with E-state index < -0.39 is 5.91 Å². The van der Waals surface area contributed by atoms with Crippen LogP contribution in [0.5, 0.6) is 0 Å². The van der Waals surface area contributed by atoms with Crippen LogP contribution in [0.1, 0.15) is 20.8 Å². The normalized spacial score (nSPS) is 10.7. The Kier molecular flexibility index (Phi) is 3.57. The van der Waals surface area contributed by atoms with E-state index in [9.17, 15) is 14.0 Å². The van der Waals surface area contributed by atoms with Crippen molar-refractivity contribution in [3.63, 3.8) is 0 Å². The number of carbonyl (C=O) groups excluding carboxylic acids is 2. The maximum Gasteiger partial charge on any atom is 0.272 e. The number of nitrogens with zero attached hydrogens (tertiary/aromatic N) is 1. The third kappa shape index (κ3) is 2.78. The van der Waals surface area contributed by atoms with E-state index in [1.807, 2.05) is 0 Å². The topological polar surface area (TPSA) is 77.1 Å². The van der Waals surface area contributed by atoms with Crippen molar-refractivity contribution >= 4 is 28.4 Å². The lowest BCUT2D eigenvalue weighted by molar-refractivity contribution is 0.0997. The van der Waals surface area contributed by atoms with Gasteiger partial charge in [-0.25, -0.2) is 4.39 Å². The number of aromatic nitrogens is 1. The molecule has 0 fully saturated rings. The second-order valence-corrected chi connectivity index (χ2v) is 5.19. The third-order valence-electron chi connectivity index (χ3n) is 3.67. The summed E-state index contributed by atoms with van der Waals surface area (Å²) in [6.45, 7) is 0. The first-order valence-corrected chi connectivity index (χ1v) is 6.92. The van der Waals surface area contributed by atoms with Gasteiger partial charge in [-0.3, -0.25) is 9.59 Å². The summed E-state index contributed by atoms with van der Waals surface area (Å²) in [6, 6.07) is 12.3. The molecule has 0 bridgehead atoms. The molecule has 0 radical (unpaired) electrons. The molecule has 0 saturated heterocycles. The molecule has 0 unspecified atom stereocenters. The van der Waals surface area contributed by atoms with Crippen molar-refractivity contribution in [1.29, 1.82) is 0 Å². The number of benzene rings is 2. The molecule has 6 heteroatoms. The minimum atomic E-state index is -0.529. The van der Waals surface area contributed by atoms with Gasteiger partial charge in [0, 0.05) is 23.7 Å². The van der Waals surface area contributed by atoms with Gasteiger partial charge in [-0.15, -0.1) is 0 Å². The van der Waals surface area contributed by atoms with E-state index in [0.29, 0.717) is 22.5 Å². The van der Waals surface area contributed by atoms with Gasteiger partial charge >= 0.3 is 0 Å². The molecule has 3 aromatic rings. The number of primary amides is 1. The van der Waals surface area contributed by atoms with Crippen molar-refractivity contribution in [2.24, 2.45) is 12.8 Å². The molecule has 23 heavy (non-hydrogen) atoms. The summed E-state index contributed by atoms with van der Waals surface area (Å²) in [7, 11) is 1.70. The fourth-order valence-corrected chi connectivity index (χ4v) is 2.43. The molecule has 0 aliphatic heterocycles. The Labute approximate surface area is 131 Å². The zero-order chi connectivity index (χ0) is 16.6. The van der Waals surface area contributed by atoms with Crippen molar-refractivity contribution in [3.8, 4) is 0 Å². The summed E-state index contributed by atoms with van der Waals surface area (Å²) in [6.07, 6.45) is 0. The quantitative estimate of drug-likeness (QED) is 0.780. The standard InChI is InChI=1S/C17H14FN3O2/c1-21-14-9-12(18)5-2-11(14)8-15(21)17(23)20-13-6-3-10(4-7-13)16(19)22/h2-9H,1H3,(H2,19,22)(H,20,23). The Hall–Kier alpha value is -3.15. The van der Waals surface area contributed by atoms with E-state index in [1.54, 1.807) is 35.9 Å². The molecule has 1 heterocycles. The molecular formula is C17H14FN3O2. The number of aryl methyl sites for hydroxylation is 1. The van der Waals surface area contributed by atoms with Crippen LogP contribution in [0.4, 0.5) is 10.1 Å². The van der Waals surface area contributed by atoms with Crippen LogP contribution in [0.3, 0.4) is 0 Å². The van der Waals surface area contributed by atoms with Gasteiger partial charge in [0.1, 0.15) is 11.5 Å². The lowest BCUT2D eigenvalue weighted by atomic mass is 10.2. The van der Waals surface area contributed by atoms with Crippen LogP contribution in [-0.2, 0) is 7.05 Å². The highest BCUT2D eigenvalue weighted by Crippen LogP contribution is 2.21. The Morgan fingerprint density at radius 1 is 1.09 bits per heavy atom. The number of nitrogens with one attached hydrogen (secondary N) is 1. The second-order valence-electron chi connectivity index (χ2n) is 5.19. The minimum absolute atomic E-state index is 0.323. The molecule has 0 atom stereocenters. The highest BCUT2D eigenvalue weighted by atomic mass is 19.1. The Bertz CT molecular complexity index is 913. The van der Waals surface area contributed by atoms with Crippen molar-refractivity contribution < 1.29 is 14.0 Å². The molecule has 3 N–H and O–H groups in total. The van der Waals surface area contributed by atoms with Gasteiger partial charge in [-0.05, 0) is 48.5 Å². The number of nitrogens with two attached hydrogens (primary N) is 1. The van der Waals surface area contributed by atoms with Gasteiger partial charge in [0.05, 0.1) is 5.52 Å². The van der Waals surface area contributed by atoms with Crippen molar-refractivity contribution in [2.75, 3.05) is 5.32 Å². The number of fused-ring (bicyclic) bond motifs is 1. The first-order chi connectivity index (χ1) is 11.0. The van der Waals surface area contributed by atoms with Gasteiger partial charge in [0.2, 0.25) is 5.91 Å². The molecule has 3 rings (SSSR count). The number of rotatable bonds is 3. The first-order valence-electron chi connectivity index (χ1n) is 6.92. The van der Waals surface area contributed by atoms with Gasteiger partial charge in [-0.2, -0.15) is 0 Å². The van der Waals surface area contributed by atoms with Crippen molar-refractivity contribution in [2.45, 2.75) is 0 Å². The van der Waals surface area contributed by atoms with Crippen molar-refractivity contribution in [1.82, 2.24) is 4.57 Å². The molecule has 116 valence electrons. The van der Waals surface area contributed by atoms with Crippen LogP contribution in [0.25, 0.3) is 10.9 Å². The first kappa shape index (κ1) is 14.8. The van der Waals surface area contributed by atoms with Crippen LogP contribution in [-0.4, -0.2) is 16.4 Å². The zero-order valence-corrected chi connectivity index (χ0v) is 12.3. The average Bonchev–Trinajstić information content (AvgIpc) is 2.85. The molecule has 5 nitrogen and oxygen atoms in total. The molecule has 1 aromatic heterocycles. The lowest BCUT2D eigenvalue weighted by Crippen LogP contribution is -2.16. The van der Waals surface area contributed by atoms with Crippen molar-refractivity contribution in [3.05, 3.63) is 65.6 Å². The van der Waals surface area contributed by atoms with Crippen LogP contribution in [0.15, 0.2) is 48.5 Å². The fraction of sp³-hybridized carbons (Fsp3) is 0.0588. The second kappa shape index (κ2) is 5.57. The monoisotopic (exact) mass is 311 g/mol. The van der Waals surface area contributed by atoms with Crippen LogP contribution >= 0.6 is 0 Å². The number of amides is 2. The maximum absolute atomic E-state index is 13.3. The minimum Gasteiger partial charge on any atom is -0.366 e. The highest BCUT2D eigenvalue weighted by Gasteiger charge is 2.14. The van der Waals surface area contributed by atoms with E-state index >= 15 is 0 Å². The largest absolute Gasteiger partial charge is 0.366 e. The lowest BCUT2D eigenvalue weighted by Gasteiger charge is -2.07. The Balaban J connectivity index is 1.88. The van der Waals surface area contributed by atoms with Gasteiger partial charge in [0.25, 0.3) is 5.91 Å². The van der Waals surface area contributed by atoms with E-state index in [1.165, 1.54) is 24.3 Å². The number of halogens is 1. The highest BCUT2D eigenvalue weighted by molar-refractivity contribution is 6.06. The Morgan fingerprint density at radius 3 is 2.43 bits per heavy atom. The number of hydrogen-bond acceptors (Lipinski definition) is 2. The summed E-state index contributed by atoms with van der Waals surface area (Å²) in [4.78, 5) is 23.4. The smallest absolute Gasteiger partial charge is 0.272 e. The van der Waals surface area contributed by atoms with E-state index in [4.69, 9.17) is 5.73 Å². The predicted molar refractivity (Wildman–Crippen MR) is 85.8 cm³/mol. The zero-order valence-electron chi connectivity index (χ0n) is 12.3. The number of carbonyl (C=O) groups is 2. The van der Waals surface area contributed by atoms with E-state index in [2.05, 4.69) is 5.32 Å². The summed E-state index contributed by atoms with van der Waals surface area (Å²) in [5, 5.41) is 3.52. The fourth-order valence-electron chi connectivity index (χ4n) is 2.43. The SMILES string of the molecule is Cn1c(C(=O)Nc2ccc(C(N)=O)cc2)cc2ccc(F)cc21. The summed E-state index contributed by atoms with van der Waals surface area (Å²) < 4.78 is 15.0. The molecule has 2 aromatic carbocycles. The Morgan fingerprint density at radius 2 is 1.78 bits per heavy atom. The van der Waals surface area contributed by atoms with E-state index in [-0.39, 0.29) is 11.7 Å². The number of anilines is 1. The maximum atomic E-state index is 13.3. The van der Waals surface area contributed by atoms with Gasteiger partial charge < -0.3 is 15.6 Å².